The molecule has 0 atom stereocenters. The summed E-state index contributed by atoms with van der Waals surface area (Å²) in [6.07, 6.45) is 14.6. The molecule has 0 unspecified atom stereocenters. The molecular weight excluding hydrogens is 797 g/mol. The zero-order valence-electron chi connectivity index (χ0n) is 34.9. The summed E-state index contributed by atoms with van der Waals surface area (Å²) in [6, 6.07) is 0. The maximum Gasteiger partial charge on any atom is 0.119 e. The van der Waals surface area contributed by atoms with Gasteiger partial charge in [0.1, 0.15) is 10.5 Å². The molecule has 8 rings (SSSR count). The smallest absolute Gasteiger partial charge is 0.119 e. The van der Waals surface area contributed by atoms with Crippen LogP contribution in [0.2, 0.25) is 0 Å². The van der Waals surface area contributed by atoms with E-state index in [0.29, 0.717) is 35.5 Å². The fraction of sp³-hybridized carbons (Fsp3) is 0.610. The molecule has 55 heavy (non-hydrogen) atoms. The Hall–Kier alpha value is -2.36. The second kappa shape index (κ2) is 25.1. The third-order valence-electron chi connectivity index (χ3n) is 8.25. The number of aryl methyl sites for hydroxylation is 4. The number of rotatable bonds is 6. The van der Waals surface area contributed by atoms with Crippen molar-refractivity contribution in [1.29, 1.82) is 0 Å². The highest BCUT2D eigenvalue weighted by Gasteiger charge is 2.18. The lowest BCUT2D eigenvalue weighted by Crippen LogP contribution is -1.99. The Morgan fingerprint density at radius 1 is 0.509 bits per heavy atom. The Morgan fingerprint density at radius 2 is 1.07 bits per heavy atom. The van der Waals surface area contributed by atoms with Gasteiger partial charge in [0.2, 0.25) is 0 Å². The minimum atomic E-state index is 0.530. The summed E-state index contributed by atoms with van der Waals surface area (Å²) in [4.78, 5) is 23.1. The Labute approximate surface area is 355 Å². The number of thiazole rings is 4. The predicted molar refractivity (Wildman–Crippen MR) is 241 cm³/mol. The monoisotopic (exact) mass is 858 g/mol. The number of fused-ring (bicyclic) bond motifs is 2. The molecule has 0 aliphatic heterocycles. The topological polar surface area (TPSA) is 103 Å². The standard InChI is InChI=1S/C10H15NS.C9H13NS.2C6H9NS.2C5H8N2S/c1-7(2)10-11-8-5-3-4-6-9(8)12-10;1-6(2)9-10-7-4-3-5-8(7)11-9;1-5(2)6-3-7-4-8-6;1-5(2)6-7-3-4-8-6;1-4(2)5-7-6-3-8-5;1-4(2)5-3-6-7-8-5/h7H,3-6H2,1-2H3;6H,3-5H2,1-2H3;2*3-5H,1-2H3;2*3-4H,1-2H3. The van der Waals surface area contributed by atoms with Gasteiger partial charge in [-0.15, -0.1) is 72.0 Å². The molecule has 6 aromatic heterocycles. The lowest BCUT2D eigenvalue weighted by atomic mass is 10.0. The van der Waals surface area contributed by atoms with Crippen molar-refractivity contribution in [2.75, 3.05) is 0 Å². The van der Waals surface area contributed by atoms with Crippen LogP contribution in [0.5, 0.6) is 0 Å². The molecule has 8 nitrogen and oxygen atoms in total. The summed E-state index contributed by atoms with van der Waals surface area (Å²) in [7, 11) is 0. The summed E-state index contributed by atoms with van der Waals surface area (Å²) in [5.74, 6) is 3.57. The minimum Gasteiger partial charge on any atom is -0.253 e. The van der Waals surface area contributed by atoms with E-state index in [4.69, 9.17) is 0 Å². The summed E-state index contributed by atoms with van der Waals surface area (Å²) < 4.78 is 3.74. The number of nitrogens with zero attached hydrogens (tertiary/aromatic N) is 8. The highest BCUT2D eigenvalue weighted by molar-refractivity contribution is 7.12. The first-order valence-electron chi connectivity index (χ1n) is 19.5. The van der Waals surface area contributed by atoms with Crippen LogP contribution >= 0.6 is 68.2 Å². The molecule has 0 N–H and O–H groups in total. The highest BCUT2D eigenvalue weighted by Crippen LogP contribution is 2.31. The van der Waals surface area contributed by atoms with Crippen molar-refractivity contribution >= 4 is 68.2 Å². The maximum absolute atomic E-state index is 4.67. The van der Waals surface area contributed by atoms with E-state index in [1.54, 1.807) is 49.3 Å². The minimum absolute atomic E-state index is 0.530. The molecular formula is C41H62N8S6. The molecule has 0 saturated carbocycles. The fourth-order valence-electron chi connectivity index (χ4n) is 4.97. The van der Waals surface area contributed by atoms with Crippen molar-refractivity contribution in [1.82, 2.24) is 39.7 Å². The average molecular weight is 859 g/mol. The lowest BCUT2D eigenvalue weighted by molar-refractivity contribution is 0.678. The molecule has 0 spiro atoms. The Bertz CT molecular complexity index is 1600. The molecule has 2 aliphatic rings. The maximum atomic E-state index is 4.67. The SMILES string of the molecule is CC(C)c1cncs1.CC(C)c1cnns1.CC(C)c1nc2c(s1)CCC2.CC(C)c1nc2c(s1)CCCC2.CC(C)c1nccs1.CC(C)c1nncs1. The van der Waals surface area contributed by atoms with Gasteiger partial charge in [0.05, 0.1) is 38.1 Å². The lowest BCUT2D eigenvalue weighted by Gasteiger charge is -2.06. The van der Waals surface area contributed by atoms with Crippen molar-refractivity contribution < 1.29 is 0 Å². The Kier molecular flexibility index (Phi) is 21.5. The van der Waals surface area contributed by atoms with E-state index in [-0.39, 0.29) is 0 Å². The molecule has 0 radical (unpaired) electrons. The van der Waals surface area contributed by atoms with Crippen LogP contribution in [0.15, 0.2) is 35.0 Å². The second-order valence-electron chi connectivity index (χ2n) is 15.2. The first-order chi connectivity index (χ1) is 26.3. The first kappa shape index (κ1) is 47.0. The molecule has 0 aromatic carbocycles. The molecule has 6 aromatic rings. The van der Waals surface area contributed by atoms with Crippen molar-refractivity contribution in [3.8, 4) is 0 Å². The van der Waals surface area contributed by atoms with E-state index in [9.17, 15) is 0 Å². The molecule has 302 valence electrons. The largest absolute Gasteiger partial charge is 0.253 e. The van der Waals surface area contributed by atoms with Crippen LogP contribution in [-0.2, 0) is 25.7 Å². The van der Waals surface area contributed by atoms with Gasteiger partial charge in [0.15, 0.2) is 0 Å². The van der Waals surface area contributed by atoms with Gasteiger partial charge in [0.25, 0.3) is 0 Å². The van der Waals surface area contributed by atoms with E-state index in [1.165, 1.54) is 92.6 Å². The summed E-state index contributed by atoms with van der Waals surface area (Å²) in [5, 5.41) is 18.3. The van der Waals surface area contributed by atoms with E-state index in [0.717, 1.165) is 5.01 Å². The fourth-order valence-corrected chi connectivity index (χ4v) is 9.64. The number of hydrogen-bond donors (Lipinski definition) is 0. The number of hydrogen-bond acceptors (Lipinski definition) is 14. The van der Waals surface area contributed by atoms with Crippen LogP contribution in [0.3, 0.4) is 0 Å². The van der Waals surface area contributed by atoms with Gasteiger partial charge in [-0.25, -0.2) is 15.0 Å². The third kappa shape index (κ3) is 17.0. The van der Waals surface area contributed by atoms with Gasteiger partial charge in [0, 0.05) is 61.0 Å². The van der Waals surface area contributed by atoms with Crippen molar-refractivity contribution in [3.63, 3.8) is 0 Å². The quantitative estimate of drug-likeness (QED) is 0.163. The molecule has 0 fully saturated rings. The van der Waals surface area contributed by atoms with Crippen LogP contribution in [-0.4, -0.2) is 39.7 Å². The summed E-state index contributed by atoms with van der Waals surface area (Å²) in [5.41, 5.74) is 6.42. The van der Waals surface area contributed by atoms with E-state index < -0.39 is 0 Å². The third-order valence-corrected chi connectivity index (χ3v) is 15.3. The summed E-state index contributed by atoms with van der Waals surface area (Å²) in [6.45, 7) is 26.0. The second-order valence-corrected chi connectivity index (χ2v) is 21.0. The Balaban J connectivity index is 0.000000179. The predicted octanol–water partition coefficient (Wildman–Crippen LogP) is 13.8. The number of aromatic nitrogens is 8. The van der Waals surface area contributed by atoms with Crippen LogP contribution in [0.4, 0.5) is 0 Å². The van der Waals surface area contributed by atoms with Crippen molar-refractivity contribution in [2.24, 2.45) is 0 Å². The average Bonchev–Trinajstić information content (AvgIpc) is 4.00. The molecule has 0 amide bonds. The Morgan fingerprint density at radius 3 is 1.42 bits per heavy atom. The van der Waals surface area contributed by atoms with Crippen LogP contribution < -0.4 is 0 Å². The van der Waals surface area contributed by atoms with Crippen LogP contribution in [0.25, 0.3) is 0 Å². The van der Waals surface area contributed by atoms with Gasteiger partial charge in [-0.1, -0.05) is 87.6 Å². The molecule has 14 heteroatoms. The highest BCUT2D eigenvalue weighted by atomic mass is 32.1. The van der Waals surface area contributed by atoms with Gasteiger partial charge in [-0.05, 0) is 68.3 Å². The van der Waals surface area contributed by atoms with Crippen molar-refractivity contribution in [2.45, 2.75) is 164 Å². The van der Waals surface area contributed by atoms with E-state index in [2.05, 4.69) is 123 Å². The van der Waals surface area contributed by atoms with Gasteiger partial charge in [-0.3, -0.25) is 4.98 Å². The van der Waals surface area contributed by atoms with Gasteiger partial charge < -0.3 is 0 Å². The van der Waals surface area contributed by atoms with Crippen molar-refractivity contribution in [3.05, 3.63) is 85.9 Å². The zero-order valence-corrected chi connectivity index (χ0v) is 39.8. The molecule has 0 saturated heterocycles. The van der Waals surface area contributed by atoms with E-state index in [1.807, 2.05) is 52.2 Å². The van der Waals surface area contributed by atoms with Crippen LogP contribution in [0.1, 0.15) is 189 Å². The van der Waals surface area contributed by atoms with Gasteiger partial charge >= 0.3 is 0 Å². The zero-order chi connectivity index (χ0) is 40.3. The normalized spacial score (nSPS) is 12.8. The van der Waals surface area contributed by atoms with Gasteiger partial charge in [-0.2, -0.15) is 0 Å². The molecule has 0 bridgehead atoms. The molecule has 6 heterocycles. The van der Waals surface area contributed by atoms with Crippen LogP contribution in [0, 0.1) is 0 Å². The molecule has 2 aliphatic carbocycles. The van der Waals surface area contributed by atoms with E-state index >= 15 is 0 Å². The first-order valence-corrected chi connectivity index (χ1v) is 24.6. The summed E-state index contributed by atoms with van der Waals surface area (Å²) >= 11 is 10.4.